The van der Waals surface area contributed by atoms with Crippen molar-refractivity contribution in [3.63, 3.8) is 0 Å². The van der Waals surface area contributed by atoms with Crippen molar-refractivity contribution in [2.45, 2.75) is 19.9 Å². The van der Waals surface area contributed by atoms with Crippen LogP contribution in [0.4, 0.5) is 5.82 Å². The molecule has 0 aliphatic carbocycles. The van der Waals surface area contributed by atoms with E-state index < -0.39 is 0 Å². The van der Waals surface area contributed by atoms with E-state index in [1.807, 2.05) is 20.9 Å². The number of aromatic nitrogens is 1. The number of nitrogens with zero attached hydrogens (tertiary/aromatic N) is 1. The predicted molar refractivity (Wildman–Crippen MR) is 52.4 cm³/mol. The van der Waals surface area contributed by atoms with Gasteiger partial charge in [0.1, 0.15) is 5.82 Å². The van der Waals surface area contributed by atoms with Gasteiger partial charge >= 0.3 is 0 Å². The zero-order valence-electron chi connectivity index (χ0n) is 8.16. The molecule has 4 heteroatoms. The van der Waals surface area contributed by atoms with E-state index in [4.69, 9.17) is 5.73 Å². The van der Waals surface area contributed by atoms with E-state index in [0.29, 0.717) is 11.4 Å². The van der Waals surface area contributed by atoms with E-state index >= 15 is 0 Å². The van der Waals surface area contributed by atoms with Gasteiger partial charge in [0.05, 0.1) is 5.56 Å². The van der Waals surface area contributed by atoms with Crippen molar-refractivity contribution in [1.82, 2.24) is 9.88 Å². The Morgan fingerprint density at radius 1 is 1.62 bits per heavy atom. The first-order valence-corrected chi connectivity index (χ1v) is 4.24. The number of nitrogens with two attached hydrogens (primary N) is 1. The minimum Gasteiger partial charge on any atom is -0.384 e. The van der Waals surface area contributed by atoms with Crippen molar-refractivity contribution in [1.29, 1.82) is 0 Å². The zero-order chi connectivity index (χ0) is 10.0. The molecule has 0 aliphatic heterocycles. The number of anilines is 1. The fourth-order valence-corrected chi connectivity index (χ4v) is 1.07. The summed E-state index contributed by atoms with van der Waals surface area (Å²) in [4.78, 5) is 11.5. The van der Waals surface area contributed by atoms with Gasteiger partial charge in [0, 0.05) is 19.3 Å². The highest BCUT2D eigenvalue weighted by Gasteiger charge is 2.12. The lowest BCUT2D eigenvalue weighted by molar-refractivity contribution is 0.0944. The summed E-state index contributed by atoms with van der Waals surface area (Å²) in [6, 6.07) is 1.85. The lowest BCUT2D eigenvalue weighted by atomic mass is 10.2. The smallest absolute Gasteiger partial charge is 0.255 e. The quantitative estimate of drug-likeness (QED) is 0.707. The Morgan fingerprint density at radius 2 is 2.23 bits per heavy atom. The van der Waals surface area contributed by atoms with Gasteiger partial charge in [-0.05, 0) is 19.9 Å². The third-order valence-corrected chi connectivity index (χ3v) is 1.79. The summed E-state index contributed by atoms with van der Waals surface area (Å²) in [6.07, 6.45) is 1.77. The van der Waals surface area contributed by atoms with Crippen molar-refractivity contribution >= 4 is 11.7 Å². The normalized spacial score (nSPS) is 10.5. The topological polar surface area (TPSA) is 60.0 Å². The second kappa shape index (κ2) is 3.51. The standard InChI is InChI=1S/C9H15N3O/c1-6(2)11-9(13)7-4-5-12(3)8(7)10/h4-6H,10H2,1-3H3,(H,11,13). The van der Waals surface area contributed by atoms with Crippen LogP contribution in [0.25, 0.3) is 0 Å². The molecule has 0 saturated carbocycles. The van der Waals surface area contributed by atoms with Gasteiger partial charge in [-0.1, -0.05) is 0 Å². The Labute approximate surface area is 77.7 Å². The van der Waals surface area contributed by atoms with Crippen LogP contribution in [0.15, 0.2) is 12.3 Å². The number of nitrogens with one attached hydrogen (secondary N) is 1. The van der Waals surface area contributed by atoms with Crippen LogP contribution >= 0.6 is 0 Å². The lowest BCUT2D eigenvalue weighted by Crippen LogP contribution is -2.30. The number of rotatable bonds is 2. The number of hydrogen-bond acceptors (Lipinski definition) is 2. The van der Waals surface area contributed by atoms with Crippen LogP contribution in [0.2, 0.25) is 0 Å². The van der Waals surface area contributed by atoms with Gasteiger partial charge in [-0.25, -0.2) is 0 Å². The van der Waals surface area contributed by atoms with Crippen LogP contribution < -0.4 is 11.1 Å². The summed E-state index contributed by atoms with van der Waals surface area (Å²) in [7, 11) is 1.81. The number of hydrogen-bond donors (Lipinski definition) is 2. The van der Waals surface area contributed by atoms with E-state index in [9.17, 15) is 4.79 Å². The van der Waals surface area contributed by atoms with Crippen LogP contribution in [-0.2, 0) is 7.05 Å². The molecular weight excluding hydrogens is 166 g/mol. The van der Waals surface area contributed by atoms with Crippen LogP contribution in [0.5, 0.6) is 0 Å². The molecule has 4 nitrogen and oxygen atoms in total. The number of amides is 1. The van der Waals surface area contributed by atoms with E-state index in [0.717, 1.165) is 0 Å². The highest BCUT2D eigenvalue weighted by atomic mass is 16.1. The summed E-state index contributed by atoms with van der Waals surface area (Å²) in [5, 5.41) is 2.78. The summed E-state index contributed by atoms with van der Waals surface area (Å²) in [5.41, 5.74) is 6.22. The number of aryl methyl sites for hydroxylation is 1. The second-order valence-electron chi connectivity index (χ2n) is 3.35. The van der Waals surface area contributed by atoms with Crippen LogP contribution in [0.3, 0.4) is 0 Å². The molecule has 0 unspecified atom stereocenters. The summed E-state index contributed by atoms with van der Waals surface area (Å²) in [6.45, 7) is 3.83. The van der Waals surface area contributed by atoms with Crippen LogP contribution in [-0.4, -0.2) is 16.5 Å². The molecule has 0 spiro atoms. The Hall–Kier alpha value is -1.45. The molecule has 0 bridgehead atoms. The van der Waals surface area contributed by atoms with Crippen molar-refractivity contribution in [2.24, 2.45) is 7.05 Å². The molecule has 1 amide bonds. The maximum absolute atomic E-state index is 11.5. The number of carbonyl (C=O) groups excluding carboxylic acids is 1. The summed E-state index contributed by atoms with van der Waals surface area (Å²) in [5.74, 6) is 0.381. The average molecular weight is 181 g/mol. The van der Waals surface area contributed by atoms with Gasteiger partial charge in [-0.3, -0.25) is 4.79 Å². The molecule has 0 radical (unpaired) electrons. The Balaban J connectivity index is 2.83. The Morgan fingerprint density at radius 3 is 2.62 bits per heavy atom. The molecule has 13 heavy (non-hydrogen) atoms. The highest BCUT2D eigenvalue weighted by molar-refractivity contribution is 5.98. The first-order chi connectivity index (χ1) is 6.02. The maximum Gasteiger partial charge on any atom is 0.255 e. The molecule has 1 heterocycles. The first-order valence-electron chi connectivity index (χ1n) is 4.24. The molecule has 1 rings (SSSR count). The van der Waals surface area contributed by atoms with Crippen molar-refractivity contribution in [3.05, 3.63) is 17.8 Å². The first kappa shape index (κ1) is 9.64. The second-order valence-corrected chi connectivity index (χ2v) is 3.35. The average Bonchev–Trinajstić information content (AvgIpc) is 2.31. The molecule has 1 aromatic rings. The lowest BCUT2D eigenvalue weighted by Gasteiger charge is -2.07. The Kier molecular flexibility index (Phi) is 2.60. The molecule has 0 saturated heterocycles. The largest absolute Gasteiger partial charge is 0.384 e. The van der Waals surface area contributed by atoms with E-state index in [1.54, 1.807) is 16.8 Å². The monoisotopic (exact) mass is 181 g/mol. The number of nitrogen functional groups attached to an aromatic ring is 1. The SMILES string of the molecule is CC(C)NC(=O)c1ccn(C)c1N. The third-order valence-electron chi connectivity index (χ3n) is 1.79. The maximum atomic E-state index is 11.5. The molecule has 0 aliphatic rings. The van der Waals surface area contributed by atoms with Crippen molar-refractivity contribution in [2.75, 3.05) is 5.73 Å². The zero-order valence-corrected chi connectivity index (χ0v) is 8.16. The van der Waals surface area contributed by atoms with Gasteiger partial charge in [0.15, 0.2) is 0 Å². The molecule has 72 valence electrons. The van der Waals surface area contributed by atoms with Crippen molar-refractivity contribution < 1.29 is 4.79 Å². The van der Waals surface area contributed by atoms with E-state index in [1.165, 1.54) is 0 Å². The minimum atomic E-state index is -0.117. The molecule has 1 aromatic heterocycles. The summed E-state index contributed by atoms with van der Waals surface area (Å²) < 4.78 is 1.72. The van der Waals surface area contributed by atoms with Crippen molar-refractivity contribution in [3.8, 4) is 0 Å². The molecule has 3 N–H and O–H groups in total. The fraction of sp³-hybridized carbons (Fsp3) is 0.444. The molecule has 0 aromatic carbocycles. The third kappa shape index (κ3) is 2.02. The van der Waals surface area contributed by atoms with Crippen LogP contribution in [0, 0.1) is 0 Å². The minimum absolute atomic E-state index is 0.117. The van der Waals surface area contributed by atoms with Gasteiger partial charge < -0.3 is 15.6 Å². The Bertz CT molecular complexity index is 315. The molecule has 0 fully saturated rings. The van der Waals surface area contributed by atoms with Crippen LogP contribution in [0.1, 0.15) is 24.2 Å². The van der Waals surface area contributed by atoms with Gasteiger partial charge in [0.25, 0.3) is 5.91 Å². The van der Waals surface area contributed by atoms with Gasteiger partial charge in [-0.2, -0.15) is 0 Å². The highest BCUT2D eigenvalue weighted by Crippen LogP contribution is 2.11. The van der Waals surface area contributed by atoms with E-state index in [-0.39, 0.29) is 11.9 Å². The number of carbonyl (C=O) groups is 1. The molecular formula is C9H15N3O. The fourth-order valence-electron chi connectivity index (χ4n) is 1.07. The van der Waals surface area contributed by atoms with E-state index in [2.05, 4.69) is 5.32 Å². The predicted octanol–water partition coefficient (Wildman–Crippen LogP) is 0.746. The molecule has 0 atom stereocenters. The van der Waals surface area contributed by atoms with Gasteiger partial charge in [-0.15, -0.1) is 0 Å². The van der Waals surface area contributed by atoms with Gasteiger partial charge in [0.2, 0.25) is 0 Å². The summed E-state index contributed by atoms with van der Waals surface area (Å²) >= 11 is 0.